The van der Waals surface area contributed by atoms with Crippen molar-refractivity contribution in [2.75, 3.05) is 38.2 Å². The number of nitrogens with one attached hydrogen (secondary N) is 1. The first kappa shape index (κ1) is 35.8. The highest BCUT2D eigenvalue weighted by Crippen LogP contribution is 2.33. The average molecular weight is 681 g/mol. The molecular weight excluding hydrogens is 641 g/mol. The van der Waals surface area contributed by atoms with Crippen molar-refractivity contribution in [3.05, 3.63) is 76.3 Å². The zero-order chi connectivity index (χ0) is 33.1. The molecule has 0 heterocycles. The van der Waals surface area contributed by atoms with Crippen LogP contribution < -0.4 is 23.8 Å². The monoisotopic (exact) mass is 679 g/mol. The molecule has 0 bridgehead atoms. The Balaban J connectivity index is 2.14. The number of sulfonamides is 1. The molecule has 0 spiro atoms. The van der Waals surface area contributed by atoms with Gasteiger partial charge in [0.1, 0.15) is 18.3 Å². The topological polar surface area (TPSA) is 114 Å². The van der Waals surface area contributed by atoms with Crippen LogP contribution in [-0.4, -0.2) is 65.1 Å². The van der Waals surface area contributed by atoms with Crippen LogP contribution >= 0.6 is 23.2 Å². The molecule has 0 aliphatic rings. The molecule has 244 valence electrons. The van der Waals surface area contributed by atoms with E-state index in [0.717, 1.165) is 4.31 Å². The number of halogens is 2. The fourth-order valence-electron chi connectivity index (χ4n) is 4.65. The number of anilines is 1. The summed E-state index contributed by atoms with van der Waals surface area (Å²) < 4.78 is 45.7. The first-order valence-electron chi connectivity index (χ1n) is 14.5. The maximum absolute atomic E-state index is 14.3. The van der Waals surface area contributed by atoms with E-state index in [0.29, 0.717) is 46.7 Å². The van der Waals surface area contributed by atoms with Gasteiger partial charge in [-0.05, 0) is 68.3 Å². The number of carbonyl (C=O) groups is 2. The molecule has 0 saturated carbocycles. The third kappa shape index (κ3) is 8.74. The first-order valence-corrected chi connectivity index (χ1v) is 16.7. The summed E-state index contributed by atoms with van der Waals surface area (Å²) >= 11 is 12.9. The van der Waals surface area contributed by atoms with Gasteiger partial charge in [0.05, 0.1) is 31.4 Å². The Morgan fingerprint density at radius 1 is 0.911 bits per heavy atom. The quantitative estimate of drug-likeness (QED) is 0.199. The number of benzene rings is 3. The van der Waals surface area contributed by atoms with Crippen molar-refractivity contribution < 1.29 is 32.2 Å². The van der Waals surface area contributed by atoms with Crippen molar-refractivity contribution in [2.24, 2.45) is 0 Å². The van der Waals surface area contributed by atoms with E-state index in [1.54, 1.807) is 49.4 Å². The third-order valence-corrected chi connectivity index (χ3v) is 9.46. The summed E-state index contributed by atoms with van der Waals surface area (Å²) in [7, 11) is -1.53. The molecule has 0 aliphatic heterocycles. The maximum atomic E-state index is 14.3. The summed E-state index contributed by atoms with van der Waals surface area (Å²) in [5.74, 6) is 0.0651. The van der Waals surface area contributed by atoms with Crippen molar-refractivity contribution in [3.63, 3.8) is 0 Å². The number of carbonyl (C=O) groups excluding carboxylic acids is 2. The Labute approximate surface area is 275 Å². The molecule has 0 radical (unpaired) electrons. The highest BCUT2D eigenvalue weighted by Gasteiger charge is 2.34. The molecule has 3 aromatic rings. The second-order valence-corrected chi connectivity index (χ2v) is 12.6. The highest BCUT2D eigenvalue weighted by molar-refractivity contribution is 7.92. The number of amides is 2. The molecule has 1 N–H and O–H groups in total. The summed E-state index contributed by atoms with van der Waals surface area (Å²) in [6.07, 6.45) is 0.955. The van der Waals surface area contributed by atoms with Crippen LogP contribution in [0.4, 0.5) is 5.69 Å². The predicted molar refractivity (Wildman–Crippen MR) is 176 cm³/mol. The van der Waals surface area contributed by atoms with E-state index in [4.69, 9.17) is 37.4 Å². The summed E-state index contributed by atoms with van der Waals surface area (Å²) in [6.45, 7) is 5.60. The van der Waals surface area contributed by atoms with Crippen LogP contribution in [0, 0.1) is 0 Å². The van der Waals surface area contributed by atoms with Crippen molar-refractivity contribution in [2.45, 2.75) is 51.1 Å². The summed E-state index contributed by atoms with van der Waals surface area (Å²) in [6, 6.07) is 14.5. The molecule has 45 heavy (non-hydrogen) atoms. The molecule has 1 atom stereocenters. The van der Waals surface area contributed by atoms with Crippen LogP contribution in [0.25, 0.3) is 0 Å². The van der Waals surface area contributed by atoms with Crippen molar-refractivity contribution in [1.82, 2.24) is 10.2 Å². The van der Waals surface area contributed by atoms with E-state index in [1.165, 1.54) is 37.3 Å². The van der Waals surface area contributed by atoms with Crippen LogP contribution in [0.2, 0.25) is 10.0 Å². The Morgan fingerprint density at radius 2 is 1.56 bits per heavy atom. The van der Waals surface area contributed by atoms with Gasteiger partial charge in [-0.1, -0.05) is 43.1 Å². The van der Waals surface area contributed by atoms with Gasteiger partial charge in [0.25, 0.3) is 10.0 Å². The molecule has 2 amide bonds. The normalized spacial score (nSPS) is 11.8. The second-order valence-electron chi connectivity index (χ2n) is 9.89. The number of methoxy groups -OCH3 is 2. The zero-order valence-corrected chi connectivity index (χ0v) is 28.3. The van der Waals surface area contributed by atoms with E-state index in [9.17, 15) is 18.0 Å². The van der Waals surface area contributed by atoms with Crippen molar-refractivity contribution >= 4 is 50.7 Å². The number of nitrogens with zero attached hydrogens (tertiary/aromatic N) is 2. The first-order chi connectivity index (χ1) is 21.5. The van der Waals surface area contributed by atoms with Crippen LogP contribution in [-0.2, 0) is 26.2 Å². The average Bonchev–Trinajstić information content (AvgIpc) is 3.03. The van der Waals surface area contributed by atoms with E-state index in [2.05, 4.69) is 5.32 Å². The lowest BCUT2D eigenvalue weighted by atomic mass is 10.1. The van der Waals surface area contributed by atoms with Gasteiger partial charge in [0.15, 0.2) is 11.5 Å². The lowest BCUT2D eigenvalue weighted by Crippen LogP contribution is -2.52. The predicted octanol–water partition coefficient (Wildman–Crippen LogP) is 5.94. The van der Waals surface area contributed by atoms with Crippen LogP contribution in [0.5, 0.6) is 17.2 Å². The van der Waals surface area contributed by atoms with Gasteiger partial charge in [-0.15, -0.1) is 0 Å². The Bertz CT molecular complexity index is 1550. The highest BCUT2D eigenvalue weighted by atomic mass is 35.5. The Morgan fingerprint density at radius 3 is 2.11 bits per heavy atom. The largest absolute Gasteiger partial charge is 0.494 e. The van der Waals surface area contributed by atoms with Crippen LogP contribution in [0.1, 0.15) is 39.2 Å². The molecule has 3 rings (SSSR count). The maximum Gasteiger partial charge on any atom is 0.264 e. The molecule has 13 heteroatoms. The minimum Gasteiger partial charge on any atom is -0.494 e. The van der Waals surface area contributed by atoms with E-state index < -0.39 is 28.5 Å². The zero-order valence-electron chi connectivity index (χ0n) is 26.0. The van der Waals surface area contributed by atoms with Crippen LogP contribution in [0.15, 0.2) is 65.6 Å². The van der Waals surface area contributed by atoms with E-state index >= 15 is 0 Å². The fourth-order valence-corrected chi connectivity index (χ4v) is 6.59. The van der Waals surface area contributed by atoms with Gasteiger partial charge in [0, 0.05) is 34.8 Å². The van der Waals surface area contributed by atoms with E-state index in [-0.39, 0.29) is 35.2 Å². The summed E-state index contributed by atoms with van der Waals surface area (Å²) in [5, 5.41) is 3.47. The van der Waals surface area contributed by atoms with Gasteiger partial charge in [-0.3, -0.25) is 13.9 Å². The molecule has 0 aromatic heterocycles. The molecule has 3 aromatic carbocycles. The molecule has 0 saturated heterocycles. The minimum absolute atomic E-state index is 0.122. The van der Waals surface area contributed by atoms with Crippen molar-refractivity contribution in [1.29, 1.82) is 0 Å². The molecule has 0 fully saturated rings. The molecule has 10 nitrogen and oxygen atoms in total. The Kier molecular flexibility index (Phi) is 13.2. The number of hydrogen-bond acceptors (Lipinski definition) is 7. The smallest absolute Gasteiger partial charge is 0.264 e. The van der Waals surface area contributed by atoms with Gasteiger partial charge in [-0.25, -0.2) is 8.42 Å². The molecule has 0 unspecified atom stereocenters. The number of rotatable bonds is 16. The lowest BCUT2D eigenvalue weighted by Gasteiger charge is -2.33. The number of ether oxygens (including phenoxy) is 3. The van der Waals surface area contributed by atoms with Gasteiger partial charge < -0.3 is 24.4 Å². The molecule has 0 aliphatic carbocycles. The minimum atomic E-state index is -4.36. The van der Waals surface area contributed by atoms with Gasteiger partial charge in [0.2, 0.25) is 11.8 Å². The summed E-state index contributed by atoms with van der Waals surface area (Å²) in [5.41, 5.74) is 0.645. The SMILES string of the molecule is CCCNC(=O)[C@@H](CC)N(Cc1c(Cl)cccc1Cl)C(=O)CN(c1ccc(OCC)cc1)S(=O)(=O)c1ccc(OC)c(OC)c1. The van der Waals surface area contributed by atoms with Crippen LogP contribution in [0.3, 0.4) is 0 Å². The fraction of sp³-hybridized carbons (Fsp3) is 0.375. The third-order valence-electron chi connectivity index (χ3n) is 6.98. The summed E-state index contributed by atoms with van der Waals surface area (Å²) in [4.78, 5) is 28.8. The van der Waals surface area contributed by atoms with E-state index in [1.807, 2.05) is 13.8 Å². The second kappa shape index (κ2) is 16.6. The standard InChI is InChI=1S/C32H39Cl2N3O7S/c1-6-18-35-32(39)28(7-2)36(20-25-26(33)10-9-11-27(25)34)31(38)21-37(22-12-14-23(15-13-22)44-8-3)45(40,41)24-16-17-29(42-4)30(19-24)43-5/h9-17,19,28H,6-8,18,20-21H2,1-5H3,(H,35,39)/t28-/m1/s1. The van der Waals surface area contributed by atoms with Crippen molar-refractivity contribution in [3.8, 4) is 17.2 Å². The number of hydrogen-bond donors (Lipinski definition) is 1. The Hall–Kier alpha value is -3.67. The van der Waals surface area contributed by atoms with Gasteiger partial charge in [-0.2, -0.15) is 0 Å². The lowest BCUT2D eigenvalue weighted by molar-refractivity contribution is -0.140. The molecular formula is C32H39Cl2N3O7S. The van der Waals surface area contributed by atoms with Gasteiger partial charge >= 0.3 is 0 Å².